The van der Waals surface area contributed by atoms with E-state index >= 15 is 0 Å². The first kappa shape index (κ1) is 9.39. The number of hydrogen-bond acceptors (Lipinski definition) is 1. The van der Waals surface area contributed by atoms with E-state index < -0.39 is 0 Å². The van der Waals surface area contributed by atoms with E-state index in [1.165, 1.54) is 6.07 Å². The van der Waals surface area contributed by atoms with Gasteiger partial charge in [-0.3, -0.25) is 4.68 Å². The molecule has 1 aromatic heterocycles. The lowest BCUT2D eigenvalue weighted by atomic mass is 10.2. The molecule has 13 heavy (non-hydrogen) atoms. The number of hydrogen-bond donors (Lipinski definition) is 0. The standard InChI is InChI=1S/C8H5BrFIN2/c1-13-8-4(3-12-13)7(9)5(10)2-6(8)11/h2-3H,1H3. The SMILES string of the molecule is Cn1ncc2c(Br)c(F)cc(I)c21. The van der Waals surface area contributed by atoms with Gasteiger partial charge in [0.2, 0.25) is 0 Å². The van der Waals surface area contributed by atoms with Crippen molar-refractivity contribution in [3.05, 3.63) is 26.1 Å². The van der Waals surface area contributed by atoms with E-state index in [9.17, 15) is 4.39 Å². The van der Waals surface area contributed by atoms with E-state index in [0.717, 1.165) is 14.5 Å². The first-order valence-electron chi connectivity index (χ1n) is 3.56. The van der Waals surface area contributed by atoms with Crippen LogP contribution in [0.1, 0.15) is 0 Å². The maximum absolute atomic E-state index is 13.2. The van der Waals surface area contributed by atoms with Crippen LogP contribution in [-0.4, -0.2) is 9.78 Å². The van der Waals surface area contributed by atoms with Crippen LogP contribution in [0.15, 0.2) is 16.7 Å². The summed E-state index contributed by atoms with van der Waals surface area (Å²) in [7, 11) is 1.84. The summed E-state index contributed by atoms with van der Waals surface area (Å²) in [6.45, 7) is 0. The molecule has 2 rings (SSSR count). The molecule has 0 N–H and O–H groups in total. The second-order valence-electron chi connectivity index (χ2n) is 2.68. The Bertz CT molecular complexity index is 480. The summed E-state index contributed by atoms with van der Waals surface area (Å²) in [6.07, 6.45) is 1.66. The van der Waals surface area contributed by atoms with Crippen molar-refractivity contribution in [2.24, 2.45) is 7.05 Å². The number of nitrogens with zero attached hydrogens (tertiary/aromatic N) is 2. The molecule has 0 radical (unpaired) electrons. The van der Waals surface area contributed by atoms with Crippen molar-refractivity contribution >= 4 is 49.4 Å². The van der Waals surface area contributed by atoms with Crippen molar-refractivity contribution in [1.29, 1.82) is 0 Å². The summed E-state index contributed by atoms with van der Waals surface area (Å²) in [5.41, 5.74) is 0.953. The molecule has 2 nitrogen and oxygen atoms in total. The zero-order valence-corrected chi connectivity index (χ0v) is 10.4. The van der Waals surface area contributed by atoms with Gasteiger partial charge in [0.1, 0.15) is 5.82 Å². The Hall–Kier alpha value is -0.170. The molecular formula is C8H5BrFIN2. The molecular weight excluding hydrogens is 350 g/mol. The van der Waals surface area contributed by atoms with Crippen LogP contribution in [0.25, 0.3) is 10.9 Å². The van der Waals surface area contributed by atoms with Crippen LogP contribution >= 0.6 is 38.5 Å². The lowest BCUT2D eigenvalue weighted by Crippen LogP contribution is -1.92. The Kier molecular flexibility index (Phi) is 2.31. The predicted molar refractivity (Wildman–Crippen MR) is 61.1 cm³/mol. The number of aromatic nitrogens is 2. The van der Waals surface area contributed by atoms with E-state index in [0.29, 0.717) is 4.47 Å². The van der Waals surface area contributed by atoms with Gasteiger partial charge < -0.3 is 0 Å². The zero-order valence-electron chi connectivity index (χ0n) is 6.68. The van der Waals surface area contributed by atoms with Gasteiger partial charge in [0, 0.05) is 16.0 Å². The predicted octanol–water partition coefficient (Wildman–Crippen LogP) is 3.08. The van der Waals surface area contributed by atoms with E-state index in [1.807, 2.05) is 7.05 Å². The monoisotopic (exact) mass is 354 g/mol. The molecule has 0 bridgehead atoms. The molecule has 0 aliphatic heterocycles. The van der Waals surface area contributed by atoms with Crippen molar-refractivity contribution in [3.63, 3.8) is 0 Å². The second-order valence-corrected chi connectivity index (χ2v) is 4.64. The Labute approximate surface area is 96.4 Å². The normalized spacial score (nSPS) is 11.1. The lowest BCUT2D eigenvalue weighted by Gasteiger charge is -2.00. The smallest absolute Gasteiger partial charge is 0.139 e. The summed E-state index contributed by atoms with van der Waals surface area (Å²) in [4.78, 5) is 0. The van der Waals surface area contributed by atoms with Gasteiger partial charge in [-0.25, -0.2) is 4.39 Å². The summed E-state index contributed by atoms with van der Waals surface area (Å²) >= 11 is 5.30. The fraction of sp³-hybridized carbons (Fsp3) is 0.125. The van der Waals surface area contributed by atoms with Crippen molar-refractivity contribution in [2.45, 2.75) is 0 Å². The molecule has 0 spiro atoms. The van der Waals surface area contributed by atoms with Crippen LogP contribution in [0.5, 0.6) is 0 Å². The molecule has 2 aromatic rings. The maximum atomic E-state index is 13.2. The third kappa shape index (κ3) is 1.38. The van der Waals surface area contributed by atoms with E-state index in [-0.39, 0.29) is 5.82 Å². The molecule has 0 saturated heterocycles. The molecule has 0 aliphatic rings. The highest BCUT2D eigenvalue weighted by Crippen LogP contribution is 2.29. The molecule has 0 amide bonds. The Morgan fingerprint density at radius 2 is 2.31 bits per heavy atom. The van der Waals surface area contributed by atoms with Crippen molar-refractivity contribution in [2.75, 3.05) is 0 Å². The summed E-state index contributed by atoms with van der Waals surface area (Å²) in [5, 5.41) is 4.89. The van der Waals surface area contributed by atoms with E-state index in [2.05, 4.69) is 43.6 Å². The van der Waals surface area contributed by atoms with Crippen LogP contribution in [0, 0.1) is 9.39 Å². The van der Waals surface area contributed by atoms with E-state index in [4.69, 9.17) is 0 Å². The number of fused-ring (bicyclic) bond motifs is 1. The van der Waals surface area contributed by atoms with Gasteiger partial charge >= 0.3 is 0 Å². The van der Waals surface area contributed by atoms with Crippen LogP contribution < -0.4 is 0 Å². The zero-order chi connectivity index (χ0) is 9.59. The summed E-state index contributed by atoms with van der Waals surface area (Å²) < 4.78 is 16.3. The summed E-state index contributed by atoms with van der Waals surface area (Å²) in [5.74, 6) is -0.245. The minimum atomic E-state index is -0.245. The summed E-state index contributed by atoms with van der Waals surface area (Å²) in [6, 6.07) is 1.49. The van der Waals surface area contributed by atoms with Gasteiger partial charge in [-0.1, -0.05) is 0 Å². The number of rotatable bonds is 0. The fourth-order valence-electron chi connectivity index (χ4n) is 1.25. The van der Waals surface area contributed by atoms with Gasteiger partial charge in [0.05, 0.1) is 16.2 Å². The highest BCUT2D eigenvalue weighted by Gasteiger charge is 2.11. The van der Waals surface area contributed by atoms with Crippen LogP contribution in [0.3, 0.4) is 0 Å². The quantitative estimate of drug-likeness (QED) is 0.525. The van der Waals surface area contributed by atoms with Crippen molar-refractivity contribution < 1.29 is 4.39 Å². The number of benzene rings is 1. The largest absolute Gasteiger partial charge is 0.267 e. The van der Waals surface area contributed by atoms with Crippen LogP contribution in [0.2, 0.25) is 0 Å². The van der Waals surface area contributed by atoms with Gasteiger partial charge in [0.25, 0.3) is 0 Å². The average molecular weight is 355 g/mol. The third-order valence-corrected chi connectivity index (χ3v) is 3.49. The molecule has 0 saturated carbocycles. The first-order chi connectivity index (χ1) is 6.11. The highest BCUT2D eigenvalue weighted by molar-refractivity contribution is 14.1. The van der Waals surface area contributed by atoms with Gasteiger partial charge in [-0.2, -0.15) is 5.10 Å². The third-order valence-electron chi connectivity index (χ3n) is 1.86. The van der Waals surface area contributed by atoms with E-state index in [1.54, 1.807) is 10.9 Å². The maximum Gasteiger partial charge on any atom is 0.139 e. The molecule has 0 unspecified atom stereocenters. The molecule has 0 aliphatic carbocycles. The molecule has 5 heteroatoms. The van der Waals surface area contributed by atoms with Gasteiger partial charge in [0.15, 0.2) is 0 Å². The van der Waals surface area contributed by atoms with Crippen LogP contribution in [-0.2, 0) is 7.05 Å². The molecule has 68 valence electrons. The molecule has 0 fully saturated rings. The Balaban J connectivity index is 2.99. The topological polar surface area (TPSA) is 17.8 Å². The Morgan fingerprint density at radius 1 is 1.62 bits per heavy atom. The first-order valence-corrected chi connectivity index (χ1v) is 5.43. The lowest BCUT2D eigenvalue weighted by molar-refractivity contribution is 0.622. The minimum absolute atomic E-state index is 0.245. The molecule has 0 atom stereocenters. The number of aryl methyl sites for hydroxylation is 1. The fourth-order valence-corrected chi connectivity index (χ4v) is 2.57. The minimum Gasteiger partial charge on any atom is -0.267 e. The second kappa shape index (κ2) is 3.20. The van der Waals surface area contributed by atoms with Crippen LogP contribution in [0.4, 0.5) is 4.39 Å². The average Bonchev–Trinajstić information content (AvgIpc) is 2.44. The number of halogens is 3. The van der Waals surface area contributed by atoms with Crippen molar-refractivity contribution in [3.8, 4) is 0 Å². The van der Waals surface area contributed by atoms with Crippen molar-refractivity contribution in [1.82, 2.24) is 9.78 Å². The van der Waals surface area contributed by atoms with Gasteiger partial charge in [-0.15, -0.1) is 0 Å². The highest BCUT2D eigenvalue weighted by atomic mass is 127. The Morgan fingerprint density at radius 3 is 3.00 bits per heavy atom. The molecule has 1 aromatic carbocycles. The van der Waals surface area contributed by atoms with Gasteiger partial charge in [-0.05, 0) is 44.6 Å². The molecule has 1 heterocycles.